The molecule has 0 bridgehead atoms. The molecule has 0 aliphatic rings. The van der Waals surface area contributed by atoms with Crippen LogP contribution in [0.4, 0.5) is 0 Å². The van der Waals surface area contributed by atoms with Crippen molar-refractivity contribution in [3.05, 3.63) is 145 Å². The predicted octanol–water partition coefficient (Wildman–Crippen LogP) is 7.84. The number of hydrogen-bond acceptors (Lipinski definition) is 0. The molecule has 0 saturated carbocycles. The third-order valence-corrected chi connectivity index (χ3v) is 4.56. The molecular formula is C29H35B2. The second-order valence-electron chi connectivity index (χ2n) is 6.58. The van der Waals surface area contributed by atoms with Crippen LogP contribution in [0.1, 0.15) is 27.7 Å². The molecule has 0 spiro atoms. The van der Waals surface area contributed by atoms with Crippen LogP contribution in [0.5, 0.6) is 0 Å². The third kappa shape index (κ3) is 9.13. The molecular weight excluding hydrogens is 370 g/mol. The van der Waals surface area contributed by atoms with Crippen LogP contribution in [0.25, 0.3) is 0 Å². The summed E-state index contributed by atoms with van der Waals surface area (Å²) in [5.41, 5.74) is 5.90. The van der Waals surface area contributed by atoms with Gasteiger partial charge in [-0.05, 0) is 44.4 Å². The zero-order chi connectivity index (χ0) is 23.6. The first kappa shape index (κ1) is 28.0. The van der Waals surface area contributed by atoms with Crippen molar-refractivity contribution >= 4 is 15.1 Å². The van der Waals surface area contributed by atoms with Gasteiger partial charge in [-0.1, -0.05) is 122 Å². The van der Waals surface area contributed by atoms with E-state index in [0.717, 1.165) is 27.7 Å². The van der Waals surface area contributed by atoms with Crippen molar-refractivity contribution in [2.24, 2.45) is 5.92 Å². The Morgan fingerprint density at radius 1 is 0.774 bits per heavy atom. The first-order valence-corrected chi connectivity index (χ1v) is 10.5. The van der Waals surface area contributed by atoms with E-state index in [1.807, 2.05) is 76.3 Å². The Labute approximate surface area is 193 Å². The average molecular weight is 405 g/mol. The fraction of sp³-hybridized carbons (Fsp3) is 0.172. The Hall–Kier alpha value is -2.99. The van der Waals surface area contributed by atoms with Gasteiger partial charge in [0.15, 0.2) is 7.28 Å². The standard InChI is InChI=1S/C29H35B2/c1-9-17-22-23(14-6)29(24(18-10-2)19-11-3)25(15-7)27(20-12-4)31-28(21-13-5)26(30)16-8/h9-22,29H,1-2,5,7H2,3-4,6,8H3/b19-11-,20-12-,22-17-,23-14+,24-18+,26-16+,27-25-,28-21+. The van der Waals surface area contributed by atoms with Gasteiger partial charge in [-0.3, -0.25) is 0 Å². The van der Waals surface area contributed by atoms with E-state index in [1.165, 1.54) is 0 Å². The topological polar surface area (TPSA) is 0 Å². The van der Waals surface area contributed by atoms with E-state index < -0.39 is 0 Å². The van der Waals surface area contributed by atoms with Crippen LogP contribution in [0.3, 0.4) is 0 Å². The van der Waals surface area contributed by atoms with Gasteiger partial charge in [0.25, 0.3) is 0 Å². The lowest BCUT2D eigenvalue weighted by atomic mass is 9.54. The Morgan fingerprint density at radius 2 is 1.42 bits per heavy atom. The molecule has 157 valence electrons. The fourth-order valence-electron chi connectivity index (χ4n) is 3.16. The van der Waals surface area contributed by atoms with Crippen LogP contribution in [-0.4, -0.2) is 15.1 Å². The van der Waals surface area contributed by atoms with Gasteiger partial charge in [-0.25, -0.2) is 0 Å². The van der Waals surface area contributed by atoms with Crippen LogP contribution >= 0.6 is 0 Å². The van der Waals surface area contributed by atoms with Crippen LogP contribution in [0, 0.1) is 5.92 Å². The summed E-state index contributed by atoms with van der Waals surface area (Å²) in [6.45, 7) is 23.7. The van der Waals surface area contributed by atoms with Crippen molar-refractivity contribution in [3.63, 3.8) is 0 Å². The molecule has 0 nitrogen and oxygen atoms in total. The SMILES string of the molecule is [B]C(=C/C)/C([B]C(/C=C\C)=C(/C=C)C(C(/C=C\C=C)=C/C)C(/C=C\C)=C/C=C)=C\C=C. The highest BCUT2D eigenvalue weighted by molar-refractivity contribution is 6.59. The number of rotatable bonds is 13. The van der Waals surface area contributed by atoms with Crippen LogP contribution in [0.2, 0.25) is 0 Å². The highest BCUT2D eigenvalue weighted by Crippen LogP contribution is 2.34. The highest BCUT2D eigenvalue weighted by atomic mass is 14.2. The fourth-order valence-corrected chi connectivity index (χ4v) is 3.16. The zero-order valence-corrected chi connectivity index (χ0v) is 19.6. The molecule has 0 heterocycles. The summed E-state index contributed by atoms with van der Waals surface area (Å²) < 4.78 is 0. The molecule has 0 aromatic rings. The second-order valence-corrected chi connectivity index (χ2v) is 6.58. The van der Waals surface area contributed by atoms with Crippen molar-refractivity contribution in [1.82, 2.24) is 0 Å². The summed E-state index contributed by atoms with van der Waals surface area (Å²) in [5.74, 6) is -0.0489. The van der Waals surface area contributed by atoms with E-state index in [1.54, 1.807) is 12.2 Å². The highest BCUT2D eigenvalue weighted by Gasteiger charge is 2.21. The van der Waals surface area contributed by atoms with Gasteiger partial charge < -0.3 is 0 Å². The molecule has 3 radical (unpaired) electrons. The lowest BCUT2D eigenvalue weighted by Gasteiger charge is -2.25. The van der Waals surface area contributed by atoms with E-state index in [0.29, 0.717) is 5.47 Å². The van der Waals surface area contributed by atoms with E-state index in [-0.39, 0.29) is 5.92 Å². The summed E-state index contributed by atoms with van der Waals surface area (Å²) in [5, 5.41) is 0. The molecule has 0 aliphatic carbocycles. The molecule has 2 heteroatoms. The summed E-state index contributed by atoms with van der Waals surface area (Å²) in [6, 6.07) is 0. The maximum Gasteiger partial charge on any atom is 0.190 e. The maximum absolute atomic E-state index is 6.24. The van der Waals surface area contributed by atoms with Gasteiger partial charge in [0, 0.05) is 5.92 Å². The number of allylic oxidation sites excluding steroid dienone is 20. The molecule has 0 aromatic carbocycles. The first-order chi connectivity index (χ1) is 15.0. The van der Waals surface area contributed by atoms with Gasteiger partial charge in [0.1, 0.15) is 7.85 Å². The third-order valence-electron chi connectivity index (χ3n) is 4.56. The quantitative estimate of drug-likeness (QED) is 0.216. The Kier molecular flexibility index (Phi) is 15.2. The first-order valence-electron chi connectivity index (χ1n) is 10.5. The van der Waals surface area contributed by atoms with Gasteiger partial charge >= 0.3 is 0 Å². The average Bonchev–Trinajstić information content (AvgIpc) is 2.77. The monoisotopic (exact) mass is 405 g/mol. The van der Waals surface area contributed by atoms with Crippen molar-refractivity contribution in [2.45, 2.75) is 27.7 Å². The predicted molar refractivity (Wildman–Crippen MR) is 145 cm³/mol. The van der Waals surface area contributed by atoms with Crippen LogP contribution < -0.4 is 0 Å². The maximum atomic E-state index is 6.24. The molecule has 0 fully saturated rings. The van der Waals surface area contributed by atoms with Crippen molar-refractivity contribution < 1.29 is 0 Å². The Morgan fingerprint density at radius 3 is 1.87 bits per heavy atom. The zero-order valence-electron chi connectivity index (χ0n) is 19.6. The van der Waals surface area contributed by atoms with Gasteiger partial charge in [-0.2, -0.15) is 0 Å². The molecule has 0 saturated heterocycles. The van der Waals surface area contributed by atoms with Crippen molar-refractivity contribution in [2.75, 3.05) is 0 Å². The molecule has 1 unspecified atom stereocenters. The normalized spacial score (nSPS) is 15.9. The van der Waals surface area contributed by atoms with Gasteiger partial charge in [0.05, 0.1) is 0 Å². The van der Waals surface area contributed by atoms with E-state index in [2.05, 4.69) is 57.9 Å². The van der Waals surface area contributed by atoms with Gasteiger partial charge in [0.2, 0.25) is 0 Å². The smallest absolute Gasteiger partial charge is 0.107 e. The minimum Gasteiger partial charge on any atom is -0.107 e. The molecule has 1 atom stereocenters. The molecule has 0 aromatic heterocycles. The lowest BCUT2D eigenvalue weighted by Crippen LogP contribution is -2.14. The van der Waals surface area contributed by atoms with E-state index in [9.17, 15) is 0 Å². The molecule has 0 N–H and O–H groups in total. The minimum absolute atomic E-state index is 0.0489. The molecule has 0 amide bonds. The second kappa shape index (κ2) is 16.8. The molecule has 0 aliphatic heterocycles. The summed E-state index contributed by atoms with van der Waals surface area (Å²) in [7, 11) is 8.32. The number of hydrogen-bond donors (Lipinski definition) is 0. The molecule has 31 heavy (non-hydrogen) atoms. The summed E-state index contributed by atoms with van der Waals surface area (Å²) in [6.07, 6.45) is 27.5. The van der Waals surface area contributed by atoms with Crippen molar-refractivity contribution in [1.29, 1.82) is 0 Å². The summed E-state index contributed by atoms with van der Waals surface area (Å²) >= 11 is 0. The molecule has 0 rings (SSSR count). The minimum atomic E-state index is -0.0489. The summed E-state index contributed by atoms with van der Waals surface area (Å²) in [4.78, 5) is 0. The van der Waals surface area contributed by atoms with E-state index in [4.69, 9.17) is 7.85 Å². The van der Waals surface area contributed by atoms with Gasteiger partial charge in [-0.15, -0.1) is 5.47 Å². The lowest BCUT2D eigenvalue weighted by molar-refractivity contribution is 0.898. The van der Waals surface area contributed by atoms with E-state index >= 15 is 0 Å². The Balaban J connectivity index is 7.17. The van der Waals surface area contributed by atoms with Crippen LogP contribution in [-0.2, 0) is 0 Å². The largest absolute Gasteiger partial charge is 0.190 e. The van der Waals surface area contributed by atoms with Crippen molar-refractivity contribution in [3.8, 4) is 0 Å². The Bertz CT molecular complexity index is 878. The van der Waals surface area contributed by atoms with Crippen LogP contribution in [0.15, 0.2) is 145 Å².